The van der Waals surface area contributed by atoms with Crippen LogP contribution in [0, 0.1) is 0 Å². The van der Waals surface area contributed by atoms with Crippen LogP contribution in [0.1, 0.15) is 0 Å². The SMILES string of the molecule is Cl.Cl.Nc1cccc(Nc2nc3ccccc3s2)c1. The molecule has 0 atom stereocenters. The van der Waals surface area contributed by atoms with Crippen LogP contribution in [0.4, 0.5) is 16.5 Å². The van der Waals surface area contributed by atoms with Gasteiger partial charge in [0.05, 0.1) is 10.2 Å². The van der Waals surface area contributed by atoms with Crippen LogP contribution < -0.4 is 11.1 Å². The van der Waals surface area contributed by atoms with Crippen LogP contribution in [0.5, 0.6) is 0 Å². The number of halogens is 2. The molecular weight excluding hydrogens is 301 g/mol. The van der Waals surface area contributed by atoms with Gasteiger partial charge < -0.3 is 11.1 Å². The highest BCUT2D eigenvalue weighted by atomic mass is 35.5. The number of fused-ring (bicyclic) bond motifs is 1. The molecule has 0 saturated carbocycles. The van der Waals surface area contributed by atoms with Crippen LogP contribution in [-0.4, -0.2) is 4.98 Å². The summed E-state index contributed by atoms with van der Waals surface area (Å²) < 4.78 is 1.18. The van der Waals surface area contributed by atoms with Crippen molar-refractivity contribution in [3.05, 3.63) is 48.5 Å². The lowest BCUT2D eigenvalue weighted by Crippen LogP contribution is -1.91. The Morgan fingerprint density at radius 1 is 1.00 bits per heavy atom. The number of anilines is 3. The predicted octanol–water partition coefficient (Wildman–Crippen LogP) is 4.47. The zero-order valence-corrected chi connectivity index (χ0v) is 12.3. The van der Waals surface area contributed by atoms with Gasteiger partial charge in [-0.05, 0) is 30.3 Å². The Bertz CT molecular complexity index is 637. The number of para-hydroxylation sites is 1. The Kier molecular flexibility index (Phi) is 5.42. The van der Waals surface area contributed by atoms with Gasteiger partial charge in [0.25, 0.3) is 0 Å². The average Bonchev–Trinajstić information content (AvgIpc) is 2.71. The number of benzene rings is 2. The predicted molar refractivity (Wildman–Crippen MR) is 88.3 cm³/mol. The van der Waals surface area contributed by atoms with Gasteiger partial charge in [-0.15, -0.1) is 24.8 Å². The van der Waals surface area contributed by atoms with Crippen LogP contribution in [0.15, 0.2) is 48.5 Å². The third-order valence-electron chi connectivity index (χ3n) is 2.43. The zero-order valence-electron chi connectivity index (χ0n) is 9.87. The quantitative estimate of drug-likeness (QED) is 0.686. The van der Waals surface area contributed by atoms with Crippen molar-refractivity contribution in [2.75, 3.05) is 11.1 Å². The first-order valence-corrected chi connectivity index (χ1v) is 6.11. The van der Waals surface area contributed by atoms with E-state index in [1.807, 2.05) is 42.5 Å². The van der Waals surface area contributed by atoms with Gasteiger partial charge in [0.15, 0.2) is 5.13 Å². The summed E-state index contributed by atoms with van der Waals surface area (Å²) in [7, 11) is 0. The summed E-state index contributed by atoms with van der Waals surface area (Å²) in [6.07, 6.45) is 0. The van der Waals surface area contributed by atoms with E-state index in [0.717, 1.165) is 22.0 Å². The van der Waals surface area contributed by atoms with Crippen molar-refractivity contribution in [2.45, 2.75) is 0 Å². The fourth-order valence-electron chi connectivity index (χ4n) is 1.67. The van der Waals surface area contributed by atoms with Crippen molar-refractivity contribution in [3.63, 3.8) is 0 Å². The van der Waals surface area contributed by atoms with E-state index in [2.05, 4.69) is 16.4 Å². The number of nitrogens with zero attached hydrogens (tertiary/aromatic N) is 1. The molecule has 0 saturated heterocycles. The molecule has 3 aromatic rings. The van der Waals surface area contributed by atoms with Crippen LogP contribution in [0.3, 0.4) is 0 Å². The third-order valence-corrected chi connectivity index (χ3v) is 3.38. The molecule has 100 valence electrons. The minimum absolute atomic E-state index is 0. The Morgan fingerprint density at radius 3 is 2.53 bits per heavy atom. The Labute approximate surface area is 127 Å². The van der Waals surface area contributed by atoms with Gasteiger partial charge in [-0.1, -0.05) is 29.5 Å². The molecule has 2 aromatic carbocycles. The number of nitrogen functional groups attached to an aromatic ring is 1. The van der Waals surface area contributed by atoms with Crippen molar-refractivity contribution in [1.82, 2.24) is 4.98 Å². The molecule has 1 heterocycles. The van der Waals surface area contributed by atoms with E-state index in [0.29, 0.717) is 0 Å². The molecule has 3 rings (SSSR count). The second kappa shape index (κ2) is 6.61. The molecule has 19 heavy (non-hydrogen) atoms. The fourth-order valence-corrected chi connectivity index (χ4v) is 2.55. The molecule has 3 N–H and O–H groups in total. The number of nitrogens with one attached hydrogen (secondary N) is 1. The van der Waals surface area contributed by atoms with E-state index in [-0.39, 0.29) is 24.8 Å². The molecule has 0 aliphatic carbocycles. The van der Waals surface area contributed by atoms with Gasteiger partial charge >= 0.3 is 0 Å². The van der Waals surface area contributed by atoms with Gasteiger partial charge in [0.2, 0.25) is 0 Å². The summed E-state index contributed by atoms with van der Waals surface area (Å²) in [5.74, 6) is 0. The Hall–Kier alpha value is -1.49. The second-order valence-corrected chi connectivity index (χ2v) is 4.77. The number of hydrogen-bond donors (Lipinski definition) is 2. The molecule has 6 heteroatoms. The summed E-state index contributed by atoms with van der Waals surface area (Å²) >= 11 is 1.63. The summed E-state index contributed by atoms with van der Waals surface area (Å²) in [6.45, 7) is 0. The van der Waals surface area contributed by atoms with Crippen LogP contribution in [0.25, 0.3) is 10.2 Å². The van der Waals surface area contributed by atoms with E-state index in [1.165, 1.54) is 4.70 Å². The standard InChI is InChI=1S/C13H11N3S.2ClH/c14-9-4-3-5-10(8-9)15-13-16-11-6-1-2-7-12(11)17-13;;/h1-8H,14H2,(H,15,16);2*1H. The lowest BCUT2D eigenvalue weighted by atomic mass is 10.3. The zero-order chi connectivity index (χ0) is 11.7. The molecule has 0 spiro atoms. The number of hydrogen-bond acceptors (Lipinski definition) is 4. The highest BCUT2D eigenvalue weighted by Gasteiger charge is 2.02. The molecule has 0 aliphatic heterocycles. The van der Waals surface area contributed by atoms with Crippen molar-refractivity contribution >= 4 is 62.9 Å². The van der Waals surface area contributed by atoms with Crippen molar-refractivity contribution in [2.24, 2.45) is 0 Å². The van der Waals surface area contributed by atoms with Crippen molar-refractivity contribution in [1.29, 1.82) is 0 Å². The number of aromatic nitrogens is 1. The maximum absolute atomic E-state index is 5.73. The molecule has 1 aromatic heterocycles. The molecule has 0 unspecified atom stereocenters. The molecule has 0 amide bonds. The lowest BCUT2D eigenvalue weighted by Gasteiger charge is -2.02. The van der Waals surface area contributed by atoms with E-state index in [1.54, 1.807) is 11.3 Å². The van der Waals surface area contributed by atoms with Crippen LogP contribution in [0.2, 0.25) is 0 Å². The van der Waals surface area contributed by atoms with Gasteiger partial charge in [0, 0.05) is 11.4 Å². The normalized spacial score (nSPS) is 9.47. The summed E-state index contributed by atoms with van der Waals surface area (Å²) in [5.41, 5.74) is 8.46. The van der Waals surface area contributed by atoms with E-state index < -0.39 is 0 Å². The average molecular weight is 314 g/mol. The number of rotatable bonds is 2. The minimum Gasteiger partial charge on any atom is -0.399 e. The first-order chi connectivity index (χ1) is 8.31. The Morgan fingerprint density at radius 2 is 1.79 bits per heavy atom. The summed E-state index contributed by atoms with van der Waals surface area (Å²) in [5, 5.41) is 4.15. The monoisotopic (exact) mass is 313 g/mol. The third kappa shape index (κ3) is 3.50. The fraction of sp³-hybridized carbons (Fsp3) is 0. The minimum atomic E-state index is 0. The molecule has 0 fully saturated rings. The molecule has 3 nitrogen and oxygen atoms in total. The van der Waals surface area contributed by atoms with Gasteiger partial charge in [0.1, 0.15) is 0 Å². The highest BCUT2D eigenvalue weighted by Crippen LogP contribution is 2.28. The summed E-state index contributed by atoms with van der Waals surface area (Å²) in [6, 6.07) is 15.7. The van der Waals surface area contributed by atoms with Crippen molar-refractivity contribution < 1.29 is 0 Å². The van der Waals surface area contributed by atoms with Gasteiger partial charge in [-0.3, -0.25) is 0 Å². The molecule has 0 bridgehead atoms. The summed E-state index contributed by atoms with van der Waals surface area (Å²) in [4.78, 5) is 4.50. The van der Waals surface area contributed by atoms with Gasteiger partial charge in [-0.25, -0.2) is 4.98 Å². The van der Waals surface area contributed by atoms with Crippen molar-refractivity contribution in [3.8, 4) is 0 Å². The van der Waals surface area contributed by atoms with Crippen LogP contribution >= 0.6 is 36.2 Å². The van der Waals surface area contributed by atoms with E-state index in [9.17, 15) is 0 Å². The molecule has 0 radical (unpaired) electrons. The Balaban J connectivity index is 0.000000902. The van der Waals surface area contributed by atoms with Gasteiger partial charge in [-0.2, -0.15) is 0 Å². The van der Waals surface area contributed by atoms with Crippen LogP contribution in [-0.2, 0) is 0 Å². The first-order valence-electron chi connectivity index (χ1n) is 5.29. The molecular formula is C13H13Cl2N3S. The number of thiazole rings is 1. The topological polar surface area (TPSA) is 50.9 Å². The maximum Gasteiger partial charge on any atom is 0.188 e. The van der Waals surface area contributed by atoms with E-state index in [4.69, 9.17) is 5.73 Å². The lowest BCUT2D eigenvalue weighted by molar-refractivity contribution is 1.44. The molecule has 0 aliphatic rings. The highest BCUT2D eigenvalue weighted by molar-refractivity contribution is 7.22. The number of nitrogens with two attached hydrogens (primary N) is 1. The van der Waals surface area contributed by atoms with E-state index >= 15 is 0 Å². The maximum atomic E-state index is 5.73. The second-order valence-electron chi connectivity index (χ2n) is 3.74. The first kappa shape index (κ1) is 15.6. The smallest absolute Gasteiger partial charge is 0.188 e. The largest absolute Gasteiger partial charge is 0.399 e.